The van der Waals surface area contributed by atoms with Crippen LogP contribution in [0, 0.1) is 0 Å². The zero-order valence-corrected chi connectivity index (χ0v) is 16.5. The molecule has 1 amide bonds. The molecule has 0 aromatic heterocycles. The summed E-state index contributed by atoms with van der Waals surface area (Å²) in [4.78, 5) is 36.3. The van der Waals surface area contributed by atoms with Crippen molar-refractivity contribution in [2.24, 2.45) is 0 Å². The van der Waals surface area contributed by atoms with E-state index in [9.17, 15) is 14.4 Å². The van der Waals surface area contributed by atoms with E-state index in [1.807, 2.05) is 36.4 Å². The van der Waals surface area contributed by atoms with E-state index in [4.69, 9.17) is 4.74 Å². The normalized spacial score (nSPS) is 11.0. The summed E-state index contributed by atoms with van der Waals surface area (Å²) in [5.41, 5.74) is 1.92. The summed E-state index contributed by atoms with van der Waals surface area (Å²) in [6.45, 7) is 2.23. The number of esters is 1. The standard InChI is InChI=1S/C22H23NO4S/c1-2-27-20(24)13-14-23-21(25)19(15-17-9-5-3-6-10-17)16-28-22(26)18-11-7-4-8-12-18/h3-12,15H,2,13-14,16H2,1H3,(H,23,25). The summed E-state index contributed by atoms with van der Waals surface area (Å²) in [5, 5.41) is 2.62. The van der Waals surface area contributed by atoms with E-state index >= 15 is 0 Å². The second-order valence-electron chi connectivity index (χ2n) is 5.83. The van der Waals surface area contributed by atoms with Gasteiger partial charge in [0.1, 0.15) is 0 Å². The summed E-state index contributed by atoms with van der Waals surface area (Å²) in [5.74, 6) is -0.431. The highest BCUT2D eigenvalue weighted by Crippen LogP contribution is 2.18. The number of thioether (sulfide) groups is 1. The molecule has 0 saturated heterocycles. The molecule has 0 heterocycles. The Bertz CT molecular complexity index is 819. The first-order chi connectivity index (χ1) is 13.6. The van der Waals surface area contributed by atoms with E-state index in [1.54, 1.807) is 37.3 Å². The molecule has 6 heteroatoms. The van der Waals surface area contributed by atoms with Gasteiger partial charge in [-0.15, -0.1) is 0 Å². The first-order valence-corrected chi connectivity index (χ1v) is 10.0. The van der Waals surface area contributed by atoms with Gasteiger partial charge in [0.2, 0.25) is 11.0 Å². The zero-order valence-electron chi connectivity index (χ0n) is 15.7. The maximum absolute atomic E-state index is 12.6. The first-order valence-electron chi connectivity index (χ1n) is 9.01. The number of hydrogen-bond donors (Lipinski definition) is 1. The van der Waals surface area contributed by atoms with Gasteiger partial charge < -0.3 is 10.1 Å². The van der Waals surface area contributed by atoms with E-state index in [0.717, 1.165) is 17.3 Å². The molecule has 1 N–H and O–H groups in total. The maximum atomic E-state index is 12.6. The highest BCUT2D eigenvalue weighted by Gasteiger charge is 2.14. The van der Waals surface area contributed by atoms with Crippen molar-refractivity contribution in [2.45, 2.75) is 13.3 Å². The number of amides is 1. The fourth-order valence-electron chi connectivity index (χ4n) is 2.35. The van der Waals surface area contributed by atoms with Crippen molar-refractivity contribution in [3.8, 4) is 0 Å². The van der Waals surface area contributed by atoms with Crippen LogP contribution in [0.3, 0.4) is 0 Å². The van der Waals surface area contributed by atoms with Gasteiger partial charge >= 0.3 is 5.97 Å². The summed E-state index contributed by atoms with van der Waals surface area (Å²) in [6.07, 6.45) is 1.86. The minimum absolute atomic E-state index is 0.0983. The van der Waals surface area contributed by atoms with Crippen molar-refractivity contribution < 1.29 is 19.1 Å². The van der Waals surface area contributed by atoms with Crippen molar-refractivity contribution >= 4 is 34.8 Å². The number of benzene rings is 2. The average molecular weight is 397 g/mol. The van der Waals surface area contributed by atoms with E-state index in [-0.39, 0.29) is 35.7 Å². The molecular formula is C22H23NO4S. The molecule has 0 bridgehead atoms. The quantitative estimate of drug-likeness (QED) is 0.516. The fourth-order valence-corrected chi connectivity index (χ4v) is 3.15. The number of carbonyl (C=O) groups excluding carboxylic acids is 3. The van der Waals surface area contributed by atoms with Crippen LogP contribution in [0.4, 0.5) is 0 Å². The fraction of sp³-hybridized carbons (Fsp3) is 0.227. The molecule has 2 rings (SSSR count). The minimum Gasteiger partial charge on any atom is -0.466 e. The lowest BCUT2D eigenvalue weighted by molar-refractivity contribution is -0.142. The number of nitrogens with one attached hydrogen (secondary N) is 1. The first kappa shape index (κ1) is 21.4. The maximum Gasteiger partial charge on any atom is 0.307 e. The smallest absolute Gasteiger partial charge is 0.307 e. The van der Waals surface area contributed by atoms with Crippen molar-refractivity contribution in [3.05, 3.63) is 77.4 Å². The van der Waals surface area contributed by atoms with Crippen molar-refractivity contribution in [1.82, 2.24) is 5.32 Å². The van der Waals surface area contributed by atoms with Crippen molar-refractivity contribution in [1.29, 1.82) is 0 Å². The number of ether oxygens (including phenoxy) is 1. The Kier molecular flexibility index (Phi) is 9.01. The van der Waals surface area contributed by atoms with Gasteiger partial charge in [0.25, 0.3) is 0 Å². The Morgan fingerprint density at radius 2 is 1.64 bits per heavy atom. The monoisotopic (exact) mass is 397 g/mol. The topological polar surface area (TPSA) is 72.5 Å². The summed E-state index contributed by atoms with van der Waals surface area (Å²) < 4.78 is 4.85. The molecule has 0 fully saturated rings. The van der Waals surface area contributed by atoms with E-state index in [1.165, 1.54) is 0 Å². The molecule has 0 saturated carbocycles. The van der Waals surface area contributed by atoms with Gasteiger partial charge in [0.05, 0.1) is 13.0 Å². The molecule has 0 atom stereocenters. The van der Waals surface area contributed by atoms with Crippen LogP contribution in [0.25, 0.3) is 6.08 Å². The summed E-state index contributed by atoms with van der Waals surface area (Å²) in [6, 6.07) is 18.4. The van der Waals surface area contributed by atoms with Gasteiger partial charge in [-0.3, -0.25) is 14.4 Å². The SMILES string of the molecule is CCOC(=O)CCNC(=O)C(=Cc1ccccc1)CSC(=O)c1ccccc1. The lowest BCUT2D eigenvalue weighted by Gasteiger charge is -2.09. The Balaban J connectivity index is 2.02. The van der Waals surface area contributed by atoms with Crippen molar-refractivity contribution in [3.63, 3.8) is 0 Å². The van der Waals surface area contributed by atoms with Crippen LogP contribution in [0.1, 0.15) is 29.3 Å². The molecule has 0 aliphatic carbocycles. The van der Waals surface area contributed by atoms with Crippen LogP contribution < -0.4 is 5.32 Å². The summed E-state index contributed by atoms with van der Waals surface area (Å²) in [7, 11) is 0. The van der Waals surface area contributed by atoms with E-state index < -0.39 is 0 Å². The third-order valence-corrected chi connectivity index (χ3v) is 4.67. The third-order valence-electron chi connectivity index (χ3n) is 3.72. The van der Waals surface area contributed by atoms with Crippen LogP contribution in [0.15, 0.2) is 66.2 Å². The number of hydrogen-bond acceptors (Lipinski definition) is 5. The van der Waals surface area contributed by atoms with Crippen LogP contribution >= 0.6 is 11.8 Å². The molecule has 0 aliphatic heterocycles. The van der Waals surface area contributed by atoms with Crippen LogP contribution in [-0.4, -0.2) is 35.9 Å². The largest absolute Gasteiger partial charge is 0.466 e. The highest BCUT2D eigenvalue weighted by atomic mass is 32.2. The van der Waals surface area contributed by atoms with E-state index in [0.29, 0.717) is 17.7 Å². The van der Waals surface area contributed by atoms with Crippen LogP contribution in [0.2, 0.25) is 0 Å². The van der Waals surface area contributed by atoms with Gasteiger partial charge in [-0.2, -0.15) is 0 Å². The molecule has 146 valence electrons. The molecule has 5 nitrogen and oxygen atoms in total. The third kappa shape index (κ3) is 7.40. The van der Waals surface area contributed by atoms with Gasteiger partial charge in [-0.25, -0.2) is 0 Å². The Morgan fingerprint density at radius 3 is 2.29 bits per heavy atom. The molecular weight excluding hydrogens is 374 g/mol. The number of carbonyl (C=O) groups is 3. The lowest BCUT2D eigenvalue weighted by Crippen LogP contribution is -2.28. The zero-order chi connectivity index (χ0) is 20.2. The lowest BCUT2D eigenvalue weighted by atomic mass is 10.1. The minimum atomic E-state index is -0.356. The van der Waals surface area contributed by atoms with Crippen LogP contribution in [0.5, 0.6) is 0 Å². The van der Waals surface area contributed by atoms with E-state index in [2.05, 4.69) is 5.32 Å². The Labute approximate surface area is 169 Å². The van der Waals surface area contributed by atoms with Gasteiger partial charge in [-0.05, 0) is 18.6 Å². The second-order valence-corrected chi connectivity index (χ2v) is 6.78. The second kappa shape index (κ2) is 11.8. The number of rotatable bonds is 9. The molecule has 2 aromatic carbocycles. The molecule has 0 aliphatic rings. The average Bonchev–Trinajstić information content (AvgIpc) is 2.72. The Morgan fingerprint density at radius 1 is 1.00 bits per heavy atom. The van der Waals surface area contributed by atoms with Gasteiger partial charge in [-0.1, -0.05) is 72.4 Å². The predicted octanol–water partition coefficient (Wildman–Crippen LogP) is 3.71. The van der Waals surface area contributed by atoms with Crippen molar-refractivity contribution in [2.75, 3.05) is 18.9 Å². The highest BCUT2D eigenvalue weighted by molar-refractivity contribution is 8.14. The molecule has 2 aromatic rings. The van der Waals surface area contributed by atoms with Gasteiger partial charge in [0, 0.05) is 23.4 Å². The van der Waals surface area contributed by atoms with Gasteiger partial charge in [0.15, 0.2) is 0 Å². The van der Waals surface area contributed by atoms with Crippen LogP contribution in [-0.2, 0) is 14.3 Å². The summed E-state index contributed by atoms with van der Waals surface area (Å²) >= 11 is 1.07. The predicted molar refractivity (Wildman–Crippen MR) is 112 cm³/mol. The molecule has 0 spiro atoms. The molecule has 0 radical (unpaired) electrons. The molecule has 28 heavy (non-hydrogen) atoms. The molecule has 0 unspecified atom stereocenters. The Hall–Kier alpha value is -2.86.